The van der Waals surface area contributed by atoms with Gasteiger partial charge in [-0.2, -0.15) is 5.26 Å². The molecule has 1 aromatic carbocycles. The van der Waals surface area contributed by atoms with E-state index in [9.17, 15) is 0 Å². The normalized spacial score (nSPS) is 9.92. The number of hydrogen-bond acceptors (Lipinski definition) is 4. The molecule has 12 heavy (non-hydrogen) atoms. The Morgan fingerprint density at radius 2 is 2.33 bits per heavy atom. The average molecular weight is 159 g/mol. The van der Waals surface area contributed by atoms with Gasteiger partial charge in [0.2, 0.25) is 0 Å². The maximum Gasteiger partial charge on any atom is 0.176 e. The number of nitrogens with zero attached hydrogens (tertiary/aromatic N) is 2. The molecular formula is C8H5N3O. The van der Waals surface area contributed by atoms with Crippen LogP contribution in [-0.2, 0) is 0 Å². The van der Waals surface area contributed by atoms with Gasteiger partial charge in [-0.05, 0) is 12.1 Å². The van der Waals surface area contributed by atoms with Crippen LogP contribution in [0.25, 0.3) is 11.0 Å². The van der Waals surface area contributed by atoms with Crippen molar-refractivity contribution in [3.8, 4) is 6.07 Å². The van der Waals surface area contributed by atoms with E-state index in [4.69, 9.17) is 15.5 Å². The molecule has 2 N–H and O–H groups in total. The molecule has 0 saturated heterocycles. The first-order valence-electron chi connectivity index (χ1n) is 3.37. The van der Waals surface area contributed by atoms with E-state index in [1.54, 1.807) is 18.2 Å². The molecule has 0 spiro atoms. The summed E-state index contributed by atoms with van der Waals surface area (Å²) in [6.07, 6.45) is 0. The number of nitriles is 1. The Morgan fingerprint density at radius 3 is 3.08 bits per heavy atom. The van der Waals surface area contributed by atoms with Gasteiger partial charge in [0.25, 0.3) is 0 Å². The fourth-order valence-corrected chi connectivity index (χ4v) is 1.11. The first-order valence-corrected chi connectivity index (χ1v) is 3.37. The summed E-state index contributed by atoms with van der Waals surface area (Å²) in [6.45, 7) is 0. The van der Waals surface area contributed by atoms with E-state index in [-0.39, 0.29) is 5.82 Å². The lowest BCUT2D eigenvalue weighted by atomic mass is 10.1. The fourth-order valence-electron chi connectivity index (χ4n) is 1.11. The lowest BCUT2D eigenvalue weighted by Crippen LogP contribution is -1.85. The predicted octanol–water partition coefficient (Wildman–Crippen LogP) is 1.28. The zero-order valence-corrected chi connectivity index (χ0v) is 6.11. The van der Waals surface area contributed by atoms with Gasteiger partial charge in [0.15, 0.2) is 11.4 Å². The van der Waals surface area contributed by atoms with Crippen molar-refractivity contribution < 1.29 is 4.52 Å². The Hall–Kier alpha value is -2.02. The van der Waals surface area contributed by atoms with E-state index in [1.165, 1.54) is 0 Å². The molecule has 1 aromatic heterocycles. The first-order chi connectivity index (χ1) is 5.83. The minimum Gasteiger partial charge on any atom is -0.380 e. The van der Waals surface area contributed by atoms with Crippen molar-refractivity contribution in [3.63, 3.8) is 0 Å². The van der Waals surface area contributed by atoms with E-state index < -0.39 is 0 Å². The average Bonchev–Trinajstić information content (AvgIpc) is 2.48. The molecule has 0 aliphatic carbocycles. The summed E-state index contributed by atoms with van der Waals surface area (Å²) in [5, 5.41) is 12.9. The van der Waals surface area contributed by atoms with Crippen molar-refractivity contribution in [2.75, 3.05) is 5.73 Å². The van der Waals surface area contributed by atoms with E-state index in [0.29, 0.717) is 16.5 Å². The number of rotatable bonds is 0. The van der Waals surface area contributed by atoms with E-state index in [2.05, 4.69) is 5.16 Å². The molecule has 0 atom stereocenters. The number of hydrogen-bond donors (Lipinski definition) is 1. The summed E-state index contributed by atoms with van der Waals surface area (Å²) in [7, 11) is 0. The van der Waals surface area contributed by atoms with Gasteiger partial charge in [-0.25, -0.2) is 0 Å². The Bertz CT molecular complexity index is 467. The summed E-state index contributed by atoms with van der Waals surface area (Å²) in [5.74, 6) is 0.266. The van der Waals surface area contributed by atoms with Crippen LogP contribution in [0.3, 0.4) is 0 Å². The number of nitrogens with two attached hydrogens (primary N) is 1. The number of aromatic nitrogens is 1. The highest BCUT2D eigenvalue weighted by Gasteiger charge is 2.08. The molecule has 0 bridgehead atoms. The van der Waals surface area contributed by atoms with Crippen molar-refractivity contribution in [1.29, 1.82) is 5.26 Å². The summed E-state index contributed by atoms with van der Waals surface area (Å²) < 4.78 is 4.87. The molecule has 2 aromatic rings. The highest BCUT2D eigenvalue weighted by atomic mass is 16.5. The molecule has 0 radical (unpaired) electrons. The topological polar surface area (TPSA) is 75.8 Å². The van der Waals surface area contributed by atoms with Crippen molar-refractivity contribution in [2.24, 2.45) is 0 Å². The minimum atomic E-state index is 0.266. The van der Waals surface area contributed by atoms with Crippen LogP contribution in [-0.4, -0.2) is 5.16 Å². The van der Waals surface area contributed by atoms with E-state index in [0.717, 1.165) is 0 Å². The molecule has 1 heterocycles. The predicted molar refractivity (Wildman–Crippen MR) is 43.1 cm³/mol. The third-order valence-electron chi connectivity index (χ3n) is 1.65. The van der Waals surface area contributed by atoms with Crippen LogP contribution in [0, 0.1) is 11.3 Å². The number of fused-ring (bicyclic) bond motifs is 1. The summed E-state index contributed by atoms with van der Waals surface area (Å²) in [4.78, 5) is 0. The Labute approximate surface area is 68.2 Å². The van der Waals surface area contributed by atoms with Crippen molar-refractivity contribution in [3.05, 3.63) is 23.8 Å². The second kappa shape index (κ2) is 2.24. The number of benzene rings is 1. The van der Waals surface area contributed by atoms with Crippen LogP contribution in [0.2, 0.25) is 0 Å². The van der Waals surface area contributed by atoms with Crippen LogP contribution >= 0.6 is 0 Å². The van der Waals surface area contributed by atoms with Gasteiger partial charge in [0.05, 0.1) is 10.9 Å². The van der Waals surface area contributed by atoms with Crippen molar-refractivity contribution in [1.82, 2.24) is 5.16 Å². The van der Waals surface area contributed by atoms with Gasteiger partial charge in [0.1, 0.15) is 6.07 Å². The van der Waals surface area contributed by atoms with E-state index >= 15 is 0 Å². The molecule has 58 valence electrons. The van der Waals surface area contributed by atoms with Gasteiger partial charge in [-0.1, -0.05) is 11.2 Å². The van der Waals surface area contributed by atoms with Gasteiger partial charge < -0.3 is 10.3 Å². The molecule has 0 aliphatic heterocycles. The third-order valence-corrected chi connectivity index (χ3v) is 1.65. The molecule has 4 heteroatoms. The zero-order valence-electron chi connectivity index (χ0n) is 6.11. The largest absolute Gasteiger partial charge is 0.380 e. The SMILES string of the molecule is N#Cc1cccc2onc(N)c12. The smallest absolute Gasteiger partial charge is 0.176 e. The van der Waals surface area contributed by atoms with Crippen LogP contribution in [0.15, 0.2) is 22.7 Å². The quantitative estimate of drug-likeness (QED) is 0.628. The molecule has 0 unspecified atom stereocenters. The second-order valence-corrected chi connectivity index (χ2v) is 2.36. The van der Waals surface area contributed by atoms with E-state index in [1.807, 2.05) is 6.07 Å². The molecule has 2 rings (SSSR count). The minimum absolute atomic E-state index is 0.266. The van der Waals surface area contributed by atoms with Crippen LogP contribution < -0.4 is 5.73 Å². The summed E-state index contributed by atoms with van der Waals surface area (Å²) >= 11 is 0. The fraction of sp³-hybridized carbons (Fsp3) is 0. The van der Waals surface area contributed by atoms with Gasteiger partial charge in [-0.3, -0.25) is 0 Å². The van der Waals surface area contributed by atoms with Crippen LogP contribution in [0.4, 0.5) is 5.82 Å². The summed E-state index contributed by atoms with van der Waals surface area (Å²) in [5.41, 5.74) is 6.54. The monoisotopic (exact) mass is 159 g/mol. The van der Waals surface area contributed by atoms with Gasteiger partial charge in [-0.15, -0.1) is 0 Å². The molecule has 0 amide bonds. The zero-order chi connectivity index (χ0) is 8.55. The molecule has 0 saturated carbocycles. The van der Waals surface area contributed by atoms with Crippen LogP contribution in [0.1, 0.15) is 5.56 Å². The van der Waals surface area contributed by atoms with Crippen molar-refractivity contribution in [2.45, 2.75) is 0 Å². The lowest BCUT2D eigenvalue weighted by molar-refractivity contribution is 0.460. The highest BCUT2D eigenvalue weighted by Crippen LogP contribution is 2.23. The lowest BCUT2D eigenvalue weighted by Gasteiger charge is -1.89. The number of nitrogen functional groups attached to an aromatic ring is 1. The van der Waals surface area contributed by atoms with Gasteiger partial charge >= 0.3 is 0 Å². The first kappa shape index (κ1) is 6.68. The molecule has 0 fully saturated rings. The second-order valence-electron chi connectivity index (χ2n) is 2.36. The maximum absolute atomic E-state index is 8.70. The summed E-state index contributed by atoms with van der Waals surface area (Å²) in [6, 6.07) is 7.14. The standard InChI is InChI=1S/C8H5N3O/c9-4-5-2-1-3-6-7(5)8(10)11-12-6/h1-3H,(H2,10,11). The molecule has 0 aliphatic rings. The molecule has 4 nitrogen and oxygen atoms in total. The number of anilines is 1. The third kappa shape index (κ3) is 0.736. The van der Waals surface area contributed by atoms with Crippen molar-refractivity contribution >= 4 is 16.8 Å². The Morgan fingerprint density at radius 1 is 1.50 bits per heavy atom. The highest BCUT2D eigenvalue weighted by molar-refractivity contribution is 5.91. The maximum atomic E-state index is 8.70. The Balaban J connectivity index is 2.96. The van der Waals surface area contributed by atoms with Gasteiger partial charge in [0, 0.05) is 0 Å². The van der Waals surface area contributed by atoms with Crippen LogP contribution in [0.5, 0.6) is 0 Å². The Kier molecular flexibility index (Phi) is 1.25. The molecular weight excluding hydrogens is 154 g/mol.